The van der Waals surface area contributed by atoms with Crippen LogP contribution in [0.15, 0.2) is 0 Å². The first kappa shape index (κ1) is 13.4. The predicted molar refractivity (Wildman–Crippen MR) is 58.2 cm³/mol. The van der Waals surface area contributed by atoms with Gasteiger partial charge in [0.15, 0.2) is 0 Å². The van der Waals surface area contributed by atoms with Crippen LogP contribution in [0.25, 0.3) is 0 Å². The van der Waals surface area contributed by atoms with Crippen LogP contribution in [0, 0.1) is 0 Å². The van der Waals surface area contributed by atoms with Crippen LogP contribution in [0.5, 0.6) is 0 Å². The summed E-state index contributed by atoms with van der Waals surface area (Å²) >= 11 is 0. The Hall–Kier alpha value is -0.700. The zero-order valence-electron chi connectivity index (χ0n) is 9.62. The van der Waals surface area contributed by atoms with Crippen molar-refractivity contribution < 1.29 is 18.3 Å². The molecule has 7 nitrogen and oxygen atoms in total. The quantitative estimate of drug-likeness (QED) is 0.657. The highest BCUT2D eigenvalue weighted by molar-refractivity contribution is 7.87. The molecule has 1 rings (SSSR count). The fraction of sp³-hybridized carbons (Fsp3) is 0.875. The summed E-state index contributed by atoms with van der Waals surface area (Å²) in [6.45, 7) is 0.894. The number of carboxylic acids is 1. The topological polar surface area (TPSA) is 81.2 Å². The molecule has 1 heterocycles. The Bertz CT molecular complexity index is 367. The Morgan fingerprint density at radius 3 is 2.44 bits per heavy atom. The lowest BCUT2D eigenvalue weighted by molar-refractivity contribution is -0.140. The molecule has 1 N–H and O–H groups in total. The van der Waals surface area contributed by atoms with E-state index < -0.39 is 22.2 Å². The largest absolute Gasteiger partial charge is 0.480 e. The molecule has 0 bridgehead atoms. The zero-order chi connectivity index (χ0) is 12.5. The minimum atomic E-state index is -3.60. The average molecular weight is 251 g/mol. The molecular formula is C8H17N3O4S. The van der Waals surface area contributed by atoms with Gasteiger partial charge in [0, 0.05) is 26.7 Å². The Balaban J connectivity index is 2.77. The molecule has 0 aliphatic carbocycles. The Morgan fingerprint density at radius 2 is 2.06 bits per heavy atom. The minimum Gasteiger partial charge on any atom is -0.480 e. The molecule has 1 fully saturated rings. The van der Waals surface area contributed by atoms with Crippen LogP contribution in [0.2, 0.25) is 0 Å². The third-order valence-electron chi connectivity index (χ3n) is 2.59. The number of carboxylic acid groups (broad SMARTS) is 1. The van der Waals surface area contributed by atoms with E-state index in [2.05, 4.69) is 0 Å². The molecule has 0 saturated carbocycles. The smallest absolute Gasteiger partial charge is 0.323 e. The van der Waals surface area contributed by atoms with Gasteiger partial charge in [-0.3, -0.25) is 4.79 Å². The van der Waals surface area contributed by atoms with Crippen molar-refractivity contribution in [2.45, 2.75) is 6.04 Å². The van der Waals surface area contributed by atoms with Crippen molar-refractivity contribution in [1.82, 2.24) is 13.5 Å². The molecule has 1 atom stereocenters. The van der Waals surface area contributed by atoms with Crippen molar-refractivity contribution in [3.63, 3.8) is 0 Å². The van der Waals surface area contributed by atoms with Crippen LogP contribution in [-0.2, 0) is 15.0 Å². The summed E-state index contributed by atoms with van der Waals surface area (Å²) in [7, 11) is 1.37. The second-order valence-electron chi connectivity index (χ2n) is 4.04. The van der Waals surface area contributed by atoms with E-state index in [0.717, 1.165) is 4.31 Å². The van der Waals surface area contributed by atoms with E-state index in [4.69, 9.17) is 5.11 Å². The molecule has 1 unspecified atom stereocenters. The predicted octanol–water partition coefficient (Wildman–Crippen LogP) is -1.51. The van der Waals surface area contributed by atoms with Gasteiger partial charge in [-0.15, -0.1) is 0 Å². The lowest BCUT2D eigenvalue weighted by Crippen LogP contribution is -2.37. The summed E-state index contributed by atoms with van der Waals surface area (Å²) in [6.07, 6.45) is 0. The van der Waals surface area contributed by atoms with Crippen LogP contribution in [0.1, 0.15) is 0 Å². The number of hydrogen-bond donors (Lipinski definition) is 1. The molecule has 0 aromatic heterocycles. The summed E-state index contributed by atoms with van der Waals surface area (Å²) in [4.78, 5) is 12.7. The molecule has 1 aliphatic rings. The fourth-order valence-electron chi connectivity index (χ4n) is 1.50. The third kappa shape index (κ3) is 2.51. The van der Waals surface area contributed by atoms with Gasteiger partial charge in [-0.2, -0.15) is 17.0 Å². The van der Waals surface area contributed by atoms with E-state index in [-0.39, 0.29) is 6.54 Å². The summed E-state index contributed by atoms with van der Waals surface area (Å²) in [6, 6.07) is -0.979. The number of likely N-dealkylation sites (N-methyl/N-ethyl adjacent to an activating group) is 2. The highest BCUT2D eigenvalue weighted by Gasteiger charge is 2.44. The summed E-state index contributed by atoms with van der Waals surface area (Å²) in [5, 5.41) is 8.87. The molecule has 0 spiro atoms. The standard InChI is InChI=1S/C8H17N3O4S/c1-9(2)4-5-11-6-7(8(12)13)10(3)16(11,14)15/h7H,4-6H2,1-3H3,(H,12,13). The Kier molecular flexibility index (Phi) is 3.89. The molecule has 0 aromatic rings. The minimum absolute atomic E-state index is 0.0159. The summed E-state index contributed by atoms with van der Waals surface area (Å²) in [5.41, 5.74) is 0. The molecule has 1 saturated heterocycles. The van der Waals surface area contributed by atoms with E-state index in [9.17, 15) is 13.2 Å². The van der Waals surface area contributed by atoms with E-state index in [1.807, 2.05) is 19.0 Å². The van der Waals surface area contributed by atoms with Crippen molar-refractivity contribution in [3.05, 3.63) is 0 Å². The average Bonchev–Trinajstić information content (AvgIpc) is 2.36. The first-order valence-electron chi connectivity index (χ1n) is 4.87. The molecule has 94 valence electrons. The summed E-state index contributed by atoms with van der Waals surface area (Å²) < 4.78 is 25.7. The van der Waals surface area contributed by atoms with E-state index in [1.165, 1.54) is 11.4 Å². The molecule has 0 amide bonds. The van der Waals surface area contributed by atoms with E-state index in [1.54, 1.807) is 0 Å². The van der Waals surface area contributed by atoms with Gasteiger partial charge in [0.2, 0.25) is 0 Å². The van der Waals surface area contributed by atoms with Crippen molar-refractivity contribution in [2.75, 3.05) is 40.8 Å². The molecule has 1 aliphatic heterocycles. The highest BCUT2D eigenvalue weighted by atomic mass is 32.2. The first-order valence-corrected chi connectivity index (χ1v) is 6.27. The normalized spacial score (nSPS) is 26.4. The number of carbonyl (C=O) groups is 1. The van der Waals surface area contributed by atoms with Gasteiger partial charge in [0.25, 0.3) is 10.2 Å². The number of rotatable bonds is 4. The van der Waals surface area contributed by atoms with Crippen LogP contribution < -0.4 is 0 Å². The Morgan fingerprint density at radius 1 is 1.50 bits per heavy atom. The second-order valence-corrected chi connectivity index (χ2v) is 6.03. The zero-order valence-corrected chi connectivity index (χ0v) is 10.4. The molecule has 0 aromatic carbocycles. The van der Waals surface area contributed by atoms with Gasteiger partial charge in [-0.25, -0.2) is 0 Å². The maximum Gasteiger partial charge on any atom is 0.323 e. The first-order chi connectivity index (χ1) is 7.26. The molecule has 8 heteroatoms. The van der Waals surface area contributed by atoms with Crippen LogP contribution in [-0.4, -0.2) is 79.8 Å². The van der Waals surface area contributed by atoms with Crippen molar-refractivity contribution in [2.24, 2.45) is 0 Å². The van der Waals surface area contributed by atoms with Gasteiger partial charge in [0.1, 0.15) is 6.04 Å². The van der Waals surface area contributed by atoms with Crippen LogP contribution in [0.3, 0.4) is 0 Å². The molecular weight excluding hydrogens is 234 g/mol. The number of aliphatic carboxylic acids is 1. The molecule has 0 radical (unpaired) electrons. The fourth-order valence-corrected chi connectivity index (χ4v) is 2.98. The van der Waals surface area contributed by atoms with E-state index in [0.29, 0.717) is 13.1 Å². The van der Waals surface area contributed by atoms with Crippen LogP contribution in [0.4, 0.5) is 0 Å². The Labute approximate surface area is 95.4 Å². The van der Waals surface area contributed by atoms with Crippen LogP contribution >= 0.6 is 0 Å². The van der Waals surface area contributed by atoms with Gasteiger partial charge >= 0.3 is 5.97 Å². The van der Waals surface area contributed by atoms with Gasteiger partial charge in [-0.1, -0.05) is 0 Å². The van der Waals surface area contributed by atoms with Crippen molar-refractivity contribution >= 4 is 16.2 Å². The third-order valence-corrected chi connectivity index (χ3v) is 4.55. The number of hydrogen-bond acceptors (Lipinski definition) is 4. The van der Waals surface area contributed by atoms with Crippen molar-refractivity contribution in [1.29, 1.82) is 0 Å². The maximum atomic E-state index is 11.8. The second kappa shape index (κ2) is 4.66. The summed E-state index contributed by atoms with van der Waals surface area (Å²) in [5.74, 6) is -1.11. The van der Waals surface area contributed by atoms with Gasteiger partial charge in [0.05, 0.1) is 0 Å². The lowest BCUT2D eigenvalue weighted by atomic mass is 10.3. The monoisotopic (exact) mass is 251 g/mol. The maximum absolute atomic E-state index is 11.8. The SMILES string of the molecule is CN(C)CCN1CC(C(=O)O)N(C)S1(=O)=O. The van der Waals surface area contributed by atoms with Crippen molar-refractivity contribution in [3.8, 4) is 0 Å². The number of nitrogens with zero attached hydrogens (tertiary/aromatic N) is 3. The highest BCUT2D eigenvalue weighted by Crippen LogP contribution is 2.20. The lowest BCUT2D eigenvalue weighted by Gasteiger charge is -2.17. The van der Waals surface area contributed by atoms with Gasteiger partial charge in [-0.05, 0) is 14.1 Å². The molecule has 16 heavy (non-hydrogen) atoms. The van der Waals surface area contributed by atoms with Gasteiger partial charge < -0.3 is 10.0 Å². The van der Waals surface area contributed by atoms with E-state index >= 15 is 0 Å².